The third kappa shape index (κ3) is 3.96. The van der Waals surface area contributed by atoms with E-state index in [0.29, 0.717) is 22.1 Å². The summed E-state index contributed by atoms with van der Waals surface area (Å²) in [6.45, 7) is 3.89. The fourth-order valence-electron chi connectivity index (χ4n) is 2.42. The Bertz CT molecular complexity index is 876. The molecule has 1 aromatic heterocycles. The van der Waals surface area contributed by atoms with Gasteiger partial charge in [-0.15, -0.1) is 5.10 Å². The maximum Gasteiger partial charge on any atom is 0.209 e. The minimum Gasteiger partial charge on any atom is -0.293 e. The number of Topliss-reactive ketones (excluding diaryl/α,β-unsaturated/α-hetero) is 1. The van der Waals surface area contributed by atoms with Gasteiger partial charge < -0.3 is 0 Å². The van der Waals surface area contributed by atoms with E-state index in [1.54, 1.807) is 18.2 Å². The average Bonchev–Trinajstić information content (AvgIpc) is 3.09. The summed E-state index contributed by atoms with van der Waals surface area (Å²) in [6.07, 6.45) is 0.939. The van der Waals surface area contributed by atoms with Gasteiger partial charge in [0.25, 0.3) is 0 Å². The summed E-state index contributed by atoms with van der Waals surface area (Å²) in [5, 5.41) is 6.90. The fraction of sp³-hybridized carbons (Fsp3) is 0.211. The highest BCUT2D eigenvalue weighted by Gasteiger charge is 2.19. The Morgan fingerprint density at radius 1 is 1.20 bits per heavy atom. The second-order valence-corrected chi connectivity index (χ2v) is 6.93. The lowest BCUT2D eigenvalue weighted by Crippen LogP contribution is -2.13. The van der Waals surface area contributed by atoms with Crippen molar-refractivity contribution in [3.05, 3.63) is 65.5 Å². The van der Waals surface area contributed by atoms with Crippen molar-refractivity contribution in [1.29, 1.82) is 0 Å². The van der Waals surface area contributed by atoms with Crippen LogP contribution >= 0.6 is 11.8 Å². The monoisotopic (exact) mass is 355 g/mol. The third-order valence-corrected chi connectivity index (χ3v) is 4.85. The van der Waals surface area contributed by atoms with Crippen molar-refractivity contribution in [2.45, 2.75) is 30.7 Å². The number of halogens is 1. The van der Waals surface area contributed by atoms with Crippen LogP contribution in [0.25, 0.3) is 11.4 Å². The second kappa shape index (κ2) is 7.61. The first-order valence-corrected chi connectivity index (χ1v) is 8.93. The molecule has 0 aliphatic heterocycles. The van der Waals surface area contributed by atoms with Gasteiger partial charge in [-0.05, 0) is 31.0 Å². The van der Waals surface area contributed by atoms with Crippen LogP contribution in [-0.2, 0) is 6.42 Å². The Kier molecular flexibility index (Phi) is 5.28. The Labute approximate surface area is 149 Å². The van der Waals surface area contributed by atoms with E-state index in [0.717, 1.165) is 6.42 Å². The van der Waals surface area contributed by atoms with Crippen LogP contribution in [0.3, 0.4) is 0 Å². The molecular weight excluding hydrogens is 337 g/mol. The first-order valence-electron chi connectivity index (χ1n) is 8.05. The number of hydrogen-bond acceptors (Lipinski definition) is 4. The highest BCUT2D eigenvalue weighted by molar-refractivity contribution is 8.00. The van der Waals surface area contributed by atoms with Crippen LogP contribution in [0, 0.1) is 5.82 Å². The lowest BCUT2D eigenvalue weighted by atomic mass is 10.1. The Hall–Kier alpha value is -2.47. The Balaban J connectivity index is 1.71. The summed E-state index contributed by atoms with van der Waals surface area (Å²) in [5.74, 6) is 0.00720. The molecule has 0 fully saturated rings. The van der Waals surface area contributed by atoms with Gasteiger partial charge in [-0.25, -0.2) is 9.37 Å². The van der Waals surface area contributed by atoms with E-state index < -0.39 is 0 Å². The molecule has 0 spiro atoms. The molecule has 6 heteroatoms. The van der Waals surface area contributed by atoms with Crippen molar-refractivity contribution in [1.82, 2.24) is 15.2 Å². The van der Waals surface area contributed by atoms with Crippen molar-refractivity contribution < 1.29 is 9.18 Å². The van der Waals surface area contributed by atoms with Crippen LogP contribution in [0.2, 0.25) is 0 Å². The van der Waals surface area contributed by atoms with Gasteiger partial charge in [0.15, 0.2) is 11.6 Å². The van der Waals surface area contributed by atoms with Gasteiger partial charge in [0.2, 0.25) is 5.16 Å². The lowest BCUT2D eigenvalue weighted by molar-refractivity contribution is 0.0994. The van der Waals surface area contributed by atoms with Gasteiger partial charge in [-0.2, -0.15) is 0 Å². The first-order chi connectivity index (χ1) is 12.1. The standard InChI is InChI=1S/C19H18FN3OS/c1-3-13-8-10-14(11-9-13)17(24)12(2)25-19-21-18(22-23-19)15-6-4-5-7-16(15)20/h4-12H,3H2,1-2H3,(H,21,22,23)/t12-/m1/s1. The van der Waals surface area contributed by atoms with E-state index in [2.05, 4.69) is 22.1 Å². The molecule has 0 amide bonds. The van der Waals surface area contributed by atoms with Crippen molar-refractivity contribution in [3.63, 3.8) is 0 Å². The number of aromatic nitrogens is 3. The number of carbonyl (C=O) groups is 1. The molecule has 0 bridgehead atoms. The molecule has 0 radical (unpaired) electrons. The van der Waals surface area contributed by atoms with E-state index in [4.69, 9.17) is 0 Å². The maximum atomic E-state index is 13.8. The molecule has 3 rings (SSSR count). The van der Waals surface area contributed by atoms with Gasteiger partial charge in [-0.1, -0.05) is 55.1 Å². The van der Waals surface area contributed by atoms with Crippen molar-refractivity contribution in [2.75, 3.05) is 0 Å². The number of H-pyrrole nitrogens is 1. The summed E-state index contributed by atoms with van der Waals surface area (Å²) in [4.78, 5) is 16.8. The molecule has 1 N–H and O–H groups in total. The van der Waals surface area contributed by atoms with Crippen molar-refractivity contribution in [3.8, 4) is 11.4 Å². The number of nitrogens with one attached hydrogen (secondary N) is 1. The summed E-state index contributed by atoms with van der Waals surface area (Å²) < 4.78 is 13.8. The molecule has 0 unspecified atom stereocenters. The molecule has 0 saturated heterocycles. The Morgan fingerprint density at radius 2 is 1.92 bits per heavy atom. The maximum absolute atomic E-state index is 13.8. The predicted molar refractivity (Wildman–Crippen MR) is 97.2 cm³/mol. The zero-order valence-corrected chi connectivity index (χ0v) is 14.8. The molecule has 2 aromatic carbocycles. The molecule has 0 aliphatic rings. The number of nitrogens with zero attached hydrogens (tertiary/aromatic N) is 2. The van der Waals surface area contributed by atoms with E-state index in [1.165, 1.54) is 23.4 Å². The average molecular weight is 355 g/mol. The number of thioether (sulfide) groups is 1. The zero-order chi connectivity index (χ0) is 17.8. The molecular formula is C19H18FN3OS. The summed E-state index contributed by atoms with van der Waals surface area (Å²) in [5.41, 5.74) is 2.22. The van der Waals surface area contributed by atoms with Gasteiger partial charge in [0.1, 0.15) is 5.82 Å². The molecule has 1 atom stereocenters. The molecule has 128 valence electrons. The van der Waals surface area contributed by atoms with Crippen LogP contribution in [-0.4, -0.2) is 26.2 Å². The lowest BCUT2D eigenvalue weighted by Gasteiger charge is -2.08. The van der Waals surface area contributed by atoms with Crippen LogP contribution < -0.4 is 0 Å². The number of ketones is 1. The highest BCUT2D eigenvalue weighted by atomic mass is 32.2. The first kappa shape index (κ1) is 17.4. The third-order valence-electron chi connectivity index (χ3n) is 3.89. The predicted octanol–water partition coefficient (Wildman–Crippen LogP) is 4.54. The van der Waals surface area contributed by atoms with E-state index in [9.17, 15) is 9.18 Å². The van der Waals surface area contributed by atoms with E-state index in [1.807, 2.05) is 31.2 Å². The topological polar surface area (TPSA) is 58.6 Å². The highest BCUT2D eigenvalue weighted by Crippen LogP contribution is 2.26. The molecule has 4 nitrogen and oxygen atoms in total. The largest absolute Gasteiger partial charge is 0.293 e. The van der Waals surface area contributed by atoms with Gasteiger partial charge in [-0.3, -0.25) is 9.89 Å². The van der Waals surface area contributed by atoms with Crippen LogP contribution in [0.4, 0.5) is 4.39 Å². The van der Waals surface area contributed by atoms with Gasteiger partial charge in [0.05, 0.1) is 10.8 Å². The van der Waals surface area contributed by atoms with Crippen LogP contribution in [0.15, 0.2) is 53.7 Å². The molecule has 0 aliphatic carbocycles. The number of hydrogen-bond donors (Lipinski definition) is 1. The SMILES string of the molecule is CCc1ccc(C(=O)[C@@H](C)Sc2n[nH]c(-c3ccccc3F)n2)cc1. The number of aryl methyl sites for hydroxylation is 1. The minimum atomic E-state index is -0.365. The number of rotatable bonds is 6. The smallest absolute Gasteiger partial charge is 0.209 e. The number of aromatic amines is 1. The van der Waals surface area contributed by atoms with Crippen LogP contribution in [0.5, 0.6) is 0 Å². The second-order valence-electron chi connectivity index (χ2n) is 5.62. The molecule has 3 aromatic rings. The zero-order valence-electron chi connectivity index (χ0n) is 14.0. The van der Waals surface area contributed by atoms with Crippen LogP contribution in [0.1, 0.15) is 29.8 Å². The fourth-order valence-corrected chi connectivity index (χ4v) is 3.23. The molecule has 25 heavy (non-hydrogen) atoms. The summed E-state index contributed by atoms with van der Waals surface area (Å²) >= 11 is 1.25. The summed E-state index contributed by atoms with van der Waals surface area (Å²) in [7, 11) is 0. The van der Waals surface area contributed by atoms with E-state index >= 15 is 0 Å². The normalized spacial score (nSPS) is 12.1. The quantitative estimate of drug-likeness (QED) is 0.521. The van der Waals surface area contributed by atoms with Gasteiger partial charge in [0, 0.05) is 5.56 Å². The summed E-state index contributed by atoms with van der Waals surface area (Å²) in [6, 6.07) is 14.0. The Morgan fingerprint density at radius 3 is 2.60 bits per heavy atom. The van der Waals surface area contributed by atoms with E-state index in [-0.39, 0.29) is 16.9 Å². The van der Waals surface area contributed by atoms with Crippen molar-refractivity contribution >= 4 is 17.5 Å². The molecule has 0 saturated carbocycles. The molecule has 1 heterocycles. The number of carbonyl (C=O) groups excluding carboxylic acids is 1. The van der Waals surface area contributed by atoms with Gasteiger partial charge >= 0.3 is 0 Å². The minimum absolute atomic E-state index is 0.0184. The number of benzene rings is 2. The van der Waals surface area contributed by atoms with Crippen molar-refractivity contribution in [2.24, 2.45) is 0 Å².